The Hall–Kier alpha value is -1.42. The summed E-state index contributed by atoms with van der Waals surface area (Å²) < 4.78 is 13.1. The van der Waals surface area contributed by atoms with Gasteiger partial charge in [-0.15, -0.1) is 0 Å². The zero-order valence-electron chi connectivity index (χ0n) is 6.96. The molecule has 1 aromatic rings. The van der Waals surface area contributed by atoms with Gasteiger partial charge in [-0.3, -0.25) is 4.79 Å². The second kappa shape index (κ2) is 4.19. The number of hydrogen-bond donors (Lipinski definition) is 1. The Labute approximate surface area is 84.1 Å². The van der Waals surface area contributed by atoms with E-state index in [-0.39, 0.29) is 10.6 Å². The maximum atomic E-state index is 13.1. The van der Waals surface area contributed by atoms with Crippen LogP contribution >= 0.6 is 11.6 Å². The molecule has 3 nitrogen and oxygen atoms in total. The van der Waals surface area contributed by atoms with Crippen molar-refractivity contribution in [1.29, 1.82) is 0 Å². The minimum Gasteiger partial charge on any atom is -0.475 e. The number of benzene rings is 1. The molecule has 0 heterocycles. The molecule has 0 fully saturated rings. The molecule has 1 aromatic carbocycles. The van der Waals surface area contributed by atoms with Gasteiger partial charge in [-0.2, -0.15) is 0 Å². The first-order valence-electron chi connectivity index (χ1n) is 3.71. The van der Waals surface area contributed by atoms with Crippen molar-refractivity contribution < 1.29 is 19.1 Å². The van der Waals surface area contributed by atoms with Gasteiger partial charge < -0.3 is 5.11 Å². The first kappa shape index (κ1) is 10.7. The maximum absolute atomic E-state index is 13.1. The normalized spacial score (nSPS) is 9.86. The standard InChI is InChI=1S/C9H6ClFO3/c10-6-3-1-2-5(8(6)11)4-7(12)9(13)14/h1-3H,4H2,(H,13,14). The highest BCUT2D eigenvalue weighted by Crippen LogP contribution is 2.18. The van der Waals surface area contributed by atoms with Gasteiger partial charge in [-0.1, -0.05) is 23.7 Å². The average Bonchev–Trinajstić information content (AvgIpc) is 2.12. The van der Waals surface area contributed by atoms with Gasteiger partial charge in [0.25, 0.3) is 0 Å². The van der Waals surface area contributed by atoms with E-state index in [9.17, 15) is 14.0 Å². The highest BCUT2D eigenvalue weighted by atomic mass is 35.5. The summed E-state index contributed by atoms with van der Waals surface area (Å²) >= 11 is 5.44. The predicted octanol–water partition coefficient (Wildman–Crippen LogP) is 1.68. The lowest BCUT2D eigenvalue weighted by Gasteiger charge is -2.01. The van der Waals surface area contributed by atoms with Gasteiger partial charge in [-0.25, -0.2) is 9.18 Å². The molecule has 0 unspecified atom stereocenters. The van der Waals surface area contributed by atoms with Crippen LogP contribution in [0.2, 0.25) is 5.02 Å². The first-order chi connectivity index (χ1) is 6.52. The molecular formula is C9H6ClFO3. The number of aliphatic carboxylic acids is 1. The summed E-state index contributed by atoms with van der Waals surface area (Å²) in [6.07, 6.45) is -0.484. The number of carbonyl (C=O) groups is 2. The highest BCUT2D eigenvalue weighted by molar-refractivity contribution is 6.33. The molecule has 0 aliphatic rings. The van der Waals surface area contributed by atoms with Crippen LogP contribution in [0.1, 0.15) is 5.56 Å². The Morgan fingerprint density at radius 2 is 2.07 bits per heavy atom. The van der Waals surface area contributed by atoms with Crippen molar-refractivity contribution in [3.8, 4) is 0 Å². The molecule has 0 atom stereocenters. The van der Waals surface area contributed by atoms with Gasteiger partial charge in [0.2, 0.25) is 5.78 Å². The fourth-order valence-electron chi connectivity index (χ4n) is 0.934. The second-order valence-corrected chi connectivity index (χ2v) is 3.03. The summed E-state index contributed by atoms with van der Waals surface area (Å²) in [5, 5.41) is 8.17. The van der Waals surface area contributed by atoms with E-state index in [0.29, 0.717) is 0 Å². The van der Waals surface area contributed by atoms with E-state index in [4.69, 9.17) is 16.7 Å². The van der Waals surface area contributed by atoms with Crippen LogP contribution in [0.5, 0.6) is 0 Å². The van der Waals surface area contributed by atoms with E-state index in [1.54, 1.807) is 0 Å². The van der Waals surface area contributed by atoms with E-state index in [1.807, 2.05) is 0 Å². The molecular weight excluding hydrogens is 211 g/mol. The molecule has 1 N–H and O–H groups in total. The van der Waals surface area contributed by atoms with Crippen LogP contribution in [0.25, 0.3) is 0 Å². The minimum absolute atomic E-state index is 0.00935. The number of Topliss-reactive ketones (excluding diaryl/α,β-unsaturated/α-hetero) is 1. The quantitative estimate of drug-likeness (QED) is 0.782. The van der Waals surface area contributed by atoms with Gasteiger partial charge in [0, 0.05) is 6.42 Å². The molecule has 0 saturated heterocycles. The molecule has 74 valence electrons. The average molecular weight is 217 g/mol. The van der Waals surface area contributed by atoms with E-state index in [0.717, 1.165) is 0 Å². The first-order valence-corrected chi connectivity index (χ1v) is 4.09. The molecule has 0 aromatic heterocycles. The number of rotatable bonds is 3. The van der Waals surface area contributed by atoms with Crippen molar-refractivity contribution in [3.63, 3.8) is 0 Å². The van der Waals surface area contributed by atoms with Crippen molar-refractivity contribution in [2.75, 3.05) is 0 Å². The summed E-state index contributed by atoms with van der Waals surface area (Å²) in [4.78, 5) is 21.0. The van der Waals surface area contributed by atoms with Crippen LogP contribution in [-0.4, -0.2) is 16.9 Å². The maximum Gasteiger partial charge on any atom is 0.372 e. The third-order valence-electron chi connectivity index (χ3n) is 1.62. The number of halogens is 2. The molecule has 0 saturated carbocycles. The number of carbonyl (C=O) groups excluding carboxylic acids is 1. The summed E-state index contributed by atoms with van der Waals surface area (Å²) in [6.45, 7) is 0. The smallest absolute Gasteiger partial charge is 0.372 e. The molecule has 0 aliphatic heterocycles. The van der Waals surface area contributed by atoms with Crippen molar-refractivity contribution in [2.24, 2.45) is 0 Å². The number of carboxylic acid groups (broad SMARTS) is 1. The second-order valence-electron chi connectivity index (χ2n) is 2.62. The van der Waals surface area contributed by atoms with Crippen LogP contribution in [0.4, 0.5) is 4.39 Å². The van der Waals surface area contributed by atoms with E-state index in [1.165, 1.54) is 18.2 Å². The Kier molecular flexibility index (Phi) is 3.19. The monoisotopic (exact) mass is 216 g/mol. The molecule has 0 amide bonds. The molecule has 14 heavy (non-hydrogen) atoms. The third-order valence-corrected chi connectivity index (χ3v) is 1.91. The number of hydrogen-bond acceptors (Lipinski definition) is 2. The summed E-state index contributed by atoms with van der Waals surface area (Å²) in [5.74, 6) is -3.39. The predicted molar refractivity (Wildman–Crippen MR) is 47.8 cm³/mol. The molecule has 0 spiro atoms. The summed E-state index contributed by atoms with van der Waals surface area (Å²) in [6, 6.07) is 4.10. The Balaban J connectivity index is 2.93. The van der Waals surface area contributed by atoms with E-state index >= 15 is 0 Å². The fourth-order valence-corrected chi connectivity index (χ4v) is 1.13. The Morgan fingerprint density at radius 3 is 2.64 bits per heavy atom. The van der Waals surface area contributed by atoms with Crippen molar-refractivity contribution >= 4 is 23.4 Å². The van der Waals surface area contributed by atoms with E-state index in [2.05, 4.69) is 0 Å². The molecule has 0 aliphatic carbocycles. The topological polar surface area (TPSA) is 54.4 Å². The molecule has 5 heteroatoms. The largest absolute Gasteiger partial charge is 0.475 e. The van der Waals surface area contributed by atoms with Gasteiger partial charge in [0.1, 0.15) is 5.82 Å². The van der Waals surface area contributed by atoms with E-state index < -0.39 is 24.0 Å². The summed E-state index contributed by atoms with van der Waals surface area (Å²) in [5.41, 5.74) is -0.00935. The van der Waals surface area contributed by atoms with Gasteiger partial charge in [-0.05, 0) is 11.6 Å². The SMILES string of the molecule is O=C(O)C(=O)Cc1cccc(Cl)c1F. The van der Waals surface area contributed by atoms with Crippen LogP contribution in [-0.2, 0) is 16.0 Å². The lowest BCUT2D eigenvalue weighted by atomic mass is 10.1. The van der Waals surface area contributed by atoms with Crippen molar-refractivity contribution in [3.05, 3.63) is 34.6 Å². The van der Waals surface area contributed by atoms with Crippen LogP contribution in [0, 0.1) is 5.82 Å². The highest BCUT2D eigenvalue weighted by Gasteiger charge is 2.15. The number of ketones is 1. The van der Waals surface area contributed by atoms with Gasteiger partial charge in [0.15, 0.2) is 0 Å². The molecule has 0 radical (unpaired) electrons. The zero-order chi connectivity index (χ0) is 10.7. The molecule has 1 rings (SSSR count). The van der Waals surface area contributed by atoms with Gasteiger partial charge in [0.05, 0.1) is 5.02 Å². The summed E-state index contributed by atoms with van der Waals surface area (Å²) in [7, 11) is 0. The third kappa shape index (κ3) is 2.29. The van der Waals surface area contributed by atoms with Crippen molar-refractivity contribution in [2.45, 2.75) is 6.42 Å². The van der Waals surface area contributed by atoms with Crippen molar-refractivity contribution in [1.82, 2.24) is 0 Å². The van der Waals surface area contributed by atoms with Crippen LogP contribution in [0.15, 0.2) is 18.2 Å². The lowest BCUT2D eigenvalue weighted by molar-refractivity contribution is -0.148. The van der Waals surface area contributed by atoms with Gasteiger partial charge >= 0.3 is 5.97 Å². The lowest BCUT2D eigenvalue weighted by Crippen LogP contribution is -2.15. The minimum atomic E-state index is -1.58. The Morgan fingerprint density at radius 1 is 1.43 bits per heavy atom. The Bertz CT molecular complexity index is 390. The van der Waals surface area contributed by atoms with Crippen LogP contribution in [0.3, 0.4) is 0 Å². The zero-order valence-corrected chi connectivity index (χ0v) is 7.71. The fraction of sp³-hybridized carbons (Fsp3) is 0.111. The molecule has 0 bridgehead atoms. The number of carboxylic acids is 1. The van der Waals surface area contributed by atoms with Crippen LogP contribution < -0.4 is 0 Å².